The van der Waals surface area contributed by atoms with Crippen LogP contribution < -0.4 is 10.9 Å². The normalized spacial score (nSPS) is 11.3. The van der Waals surface area contributed by atoms with Crippen molar-refractivity contribution in [1.29, 1.82) is 0 Å². The van der Waals surface area contributed by atoms with E-state index in [-0.39, 0.29) is 0 Å². The second-order valence-corrected chi connectivity index (χ2v) is 5.26. The van der Waals surface area contributed by atoms with Crippen molar-refractivity contribution in [3.63, 3.8) is 0 Å². The van der Waals surface area contributed by atoms with Crippen LogP contribution >= 0.6 is 15.9 Å². The summed E-state index contributed by atoms with van der Waals surface area (Å²) in [6.07, 6.45) is -3.95. The predicted molar refractivity (Wildman–Crippen MR) is 78.5 cm³/mol. The van der Waals surface area contributed by atoms with Gasteiger partial charge in [0.1, 0.15) is 6.54 Å². The van der Waals surface area contributed by atoms with Crippen molar-refractivity contribution >= 4 is 27.5 Å². The zero-order valence-electron chi connectivity index (χ0n) is 11.0. The lowest BCUT2D eigenvalue weighted by atomic mass is 10.2. The van der Waals surface area contributed by atoms with E-state index < -0.39 is 29.8 Å². The number of pyridine rings is 1. The highest BCUT2D eigenvalue weighted by Gasteiger charge is 2.31. The number of para-hydroxylation sites is 1. The number of alkyl halides is 3. The third-order valence-electron chi connectivity index (χ3n) is 2.77. The van der Waals surface area contributed by atoms with E-state index in [1.807, 2.05) is 0 Å². The molecular weight excluding hydrogens is 365 g/mol. The van der Waals surface area contributed by atoms with Crippen molar-refractivity contribution in [2.24, 2.45) is 0 Å². The molecule has 2 aromatic rings. The third-order valence-corrected chi connectivity index (χ3v) is 3.46. The predicted octanol–water partition coefficient (Wildman–Crippen LogP) is 3.27. The number of benzene rings is 1. The fraction of sp³-hybridized carbons (Fsp3) is 0.143. The quantitative estimate of drug-likeness (QED) is 0.896. The molecule has 0 aliphatic rings. The first-order valence-corrected chi connectivity index (χ1v) is 6.89. The van der Waals surface area contributed by atoms with Crippen LogP contribution in [0.15, 0.2) is 51.9 Å². The first-order chi connectivity index (χ1) is 10.3. The molecule has 0 fully saturated rings. The maximum Gasteiger partial charge on any atom is 0.417 e. The van der Waals surface area contributed by atoms with Crippen molar-refractivity contribution in [2.75, 3.05) is 5.32 Å². The molecule has 0 bridgehead atoms. The van der Waals surface area contributed by atoms with E-state index in [4.69, 9.17) is 0 Å². The van der Waals surface area contributed by atoms with E-state index in [1.165, 1.54) is 0 Å². The van der Waals surface area contributed by atoms with Crippen LogP contribution in [-0.2, 0) is 17.5 Å². The lowest BCUT2D eigenvalue weighted by molar-refractivity contribution is -0.138. The fourth-order valence-electron chi connectivity index (χ4n) is 1.73. The SMILES string of the molecule is O=C(Cn1cc(C(F)(F)F)ccc1=O)Nc1ccccc1Br. The van der Waals surface area contributed by atoms with E-state index in [0.717, 1.165) is 10.6 Å². The number of rotatable bonds is 3. The monoisotopic (exact) mass is 374 g/mol. The Kier molecular flexibility index (Phi) is 4.70. The van der Waals surface area contributed by atoms with Gasteiger partial charge in [-0.2, -0.15) is 13.2 Å². The van der Waals surface area contributed by atoms with Gasteiger partial charge < -0.3 is 9.88 Å². The van der Waals surface area contributed by atoms with E-state index in [9.17, 15) is 22.8 Å². The molecule has 1 aromatic carbocycles. The van der Waals surface area contributed by atoms with Crippen molar-refractivity contribution in [3.05, 3.63) is 63.0 Å². The lowest BCUT2D eigenvalue weighted by Gasteiger charge is -2.11. The van der Waals surface area contributed by atoms with Crippen molar-refractivity contribution < 1.29 is 18.0 Å². The Balaban J connectivity index is 2.18. The van der Waals surface area contributed by atoms with Crippen LogP contribution in [0.1, 0.15) is 5.56 Å². The maximum absolute atomic E-state index is 12.6. The molecule has 8 heteroatoms. The lowest BCUT2D eigenvalue weighted by Crippen LogP contribution is -2.28. The number of aromatic nitrogens is 1. The number of anilines is 1. The number of hydrogen-bond donors (Lipinski definition) is 1. The minimum atomic E-state index is -4.58. The Morgan fingerprint density at radius 2 is 1.86 bits per heavy atom. The van der Waals surface area contributed by atoms with Gasteiger partial charge >= 0.3 is 6.18 Å². The zero-order valence-corrected chi connectivity index (χ0v) is 12.6. The first kappa shape index (κ1) is 16.3. The molecule has 0 saturated carbocycles. The van der Waals surface area contributed by atoms with E-state index in [2.05, 4.69) is 21.2 Å². The average Bonchev–Trinajstić information content (AvgIpc) is 2.42. The summed E-state index contributed by atoms with van der Waals surface area (Å²) in [4.78, 5) is 23.4. The van der Waals surface area contributed by atoms with Gasteiger partial charge in [-0.25, -0.2) is 0 Å². The number of carbonyl (C=O) groups is 1. The summed E-state index contributed by atoms with van der Waals surface area (Å²) in [5.74, 6) is -0.603. The highest BCUT2D eigenvalue weighted by molar-refractivity contribution is 9.10. The zero-order chi connectivity index (χ0) is 16.3. The number of carbonyl (C=O) groups excluding carboxylic acids is 1. The van der Waals surface area contributed by atoms with Crippen molar-refractivity contribution in [2.45, 2.75) is 12.7 Å². The smallest absolute Gasteiger partial charge is 0.324 e. The van der Waals surface area contributed by atoms with E-state index >= 15 is 0 Å². The number of nitrogens with one attached hydrogen (secondary N) is 1. The van der Waals surface area contributed by atoms with Crippen LogP contribution in [0.25, 0.3) is 0 Å². The van der Waals surface area contributed by atoms with Crippen LogP contribution in [0.3, 0.4) is 0 Å². The largest absolute Gasteiger partial charge is 0.417 e. The van der Waals surface area contributed by atoms with Gasteiger partial charge in [-0.05, 0) is 34.1 Å². The molecule has 1 N–H and O–H groups in total. The van der Waals surface area contributed by atoms with Crippen LogP contribution in [-0.4, -0.2) is 10.5 Å². The standard InChI is InChI=1S/C14H10BrF3N2O2/c15-10-3-1-2-4-11(10)19-12(21)8-20-7-9(14(16,17)18)5-6-13(20)22/h1-7H,8H2,(H,19,21). The Morgan fingerprint density at radius 3 is 2.50 bits per heavy atom. The maximum atomic E-state index is 12.6. The molecule has 0 radical (unpaired) electrons. The number of nitrogens with zero attached hydrogens (tertiary/aromatic N) is 1. The van der Waals surface area contributed by atoms with Gasteiger partial charge in [0, 0.05) is 16.7 Å². The second kappa shape index (κ2) is 6.35. The Bertz CT molecular complexity index is 756. The number of hydrogen-bond acceptors (Lipinski definition) is 2. The minimum Gasteiger partial charge on any atom is -0.324 e. The van der Waals surface area contributed by atoms with Gasteiger partial charge in [-0.3, -0.25) is 9.59 Å². The number of halogens is 4. The summed E-state index contributed by atoms with van der Waals surface area (Å²) in [7, 11) is 0. The van der Waals surface area contributed by atoms with E-state index in [1.54, 1.807) is 24.3 Å². The molecule has 1 aromatic heterocycles. The van der Waals surface area contributed by atoms with Gasteiger partial charge in [-0.15, -0.1) is 0 Å². The molecule has 0 aliphatic carbocycles. The van der Waals surface area contributed by atoms with Gasteiger partial charge in [0.05, 0.1) is 11.3 Å². The summed E-state index contributed by atoms with van der Waals surface area (Å²) in [6, 6.07) is 8.23. The molecule has 116 valence electrons. The summed E-state index contributed by atoms with van der Waals surface area (Å²) < 4.78 is 39.2. The first-order valence-electron chi connectivity index (χ1n) is 6.09. The summed E-state index contributed by atoms with van der Waals surface area (Å²) in [6.45, 7) is -0.510. The van der Waals surface area contributed by atoms with Crippen molar-refractivity contribution in [1.82, 2.24) is 4.57 Å². The van der Waals surface area contributed by atoms with Gasteiger partial charge in [-0.1, -0.05) is 12.1 Å². The van der Waals surface area contributed by atoms with Gasteiger partial charge in [0.25, 0.3) is 5.56 Å². The molecule has 4 nitrogen and oxygen atoms in total. The molecule has 0 unspecified atom stereocenters. The Morgan fingerprint density at radius 1 is 1.18 bits per heavy atom. The topological polar surface area (TPSA) is 51.1 Å². The Hall–Kier alpha value is -2.09. The fourth-order valence-corrected chi connectivity index (χ4v) is 2.11. The summed E-state index contributed by atoms with van der Waals surface area (Å²) in [5, 5.41) is 2.52. The van der Waals surface area contributed by atoms with Crippen molar-refractivity contribution in [3.8, 4) is 0 Å². The van der Waals surface area contributed by atoms with Gasteiger partial charge in [0.2, 0.25) is 5.91 Å². The molecule has 1 amide bonds. The number of amides is 1. The average molecular weight is 375 g/mol. The molecule has 0 spiro atoms. The summed E-state index contributed by atoms with van der Waals surface area (Å²) in [5.41, 5.74) is -1.21. The second-order valence-electron chi connectivity index (χ2n) is 4.41. The minimum absolute atomic E-state index is 0.465. The third kappa shape index (κ3) is 3.97. The van der Waals surface area contributed by atoms with Crippen LogP contribution in [0.4, 0.5) is 18.9 Å². The van der Waals surface area contributed by atoms with E-state index in [0.29, 0.717) is 22.4 Å². The molecule has 22 heavy (non-hydrogen) atoms. The molecule has 0 atom stereocenters. The molecular formula is C14H10BrF3N2O2. The summed E-state index contributed by atoms with van der Waals surface area (Å²) >= 11 is 3.23. The van der Waals surface area contributed by atoms with Crippen LogP contribution in [0, 0.1) is 0 Å². The Labute approximate surface area is 131 Å². The highest BCUT2D eigenvalue weighted by atomic mass is 79.9. The van der Waals surface area contributed by atoms with Crippen LogP contribution in [0.2, 0.25) is 0 Å². The van der Waals surface area contributed by atoms with Gasteiger partial charge in [0.15, 0.2) is 0 Å². The molecule has 0 saturated heterocycles. The van der Waals surface area contributed by atoms with Crippen LogP contribution in [0.5, 0.6) is 0 Å². The molecule has 2 rings (SSSR count). The highest BCUT2D eigenvalue weighted by Crippen LogP contribution is 2.28. The molecule has 0 aliphatic heterocycles. The molecule has 1 heterocycles.